The van der Waals surface area contributed by atoms with Crippen molar-refractivity contribution in [2.45, 2.75) is 20.0 Å². The molecule has 0 aliphatic carbocycles. The molecular weight excluding hydrogens is 388 g/mol. The van der Waals surface area contributed by atoms with Gasteiger partial charge in [0.15, 0.2) is 5.76 Å². The van der Waals surface area contributed by atoms with Gasteiger partial charge >= 0.3 is 5.97 Å². The van der Waals surface area contributed by atoms with Gasteiger partial charge in [-0.05, 0) is 19.1 Å². The van der Waals surface area contributed by atoms with E-state index in [1.807, 2.05) is 6.92 Å². The van der Waals surface area contributed by atoms with Crippen molar-refractivity contribution < 1.29 is 23.5 Å². The van der Waals surface area contributed by atoms with E-state index < -0.39 is 11.9 Å². The van der Waals surface area contributed by atoms with Crippen molar-refractivity contribution in [1.82, 2.24) is 19.9 Å². The van der Waals surface area contributed by atoms with Gasteiger partial charge in [-0.3, -0.25) is 14.4 Å². The molecule has 0 saturated carbocycles. The van der Waals surface area contributed by atoms with E-state index in [4.69, 9.17) is 13.9 Å². The first kappa shape index (κ1) is 19.7. The molecule has 0 fully saturated rings. The number of fused-ring (bicyclic) bond motifs is 1. The zero-order valence-electron chi connectivity index (χ0n) is 15.0. The molecule has 0 spiro atoms. The quantitative estimate of drug-likeness (QED) is 0.409. The molecule has 10 nitrogen and oxygen atoms in total. The Kier molecular flexibility index (Phi) is 6.50. The molecule has 0 unspecified atom stereocenters. The molecule has 28 heavy (non-hydrogen) atoms. The highest BCUT2D eigenvalue weighted by Gasteiger charge is 2.13. The highest BCUT2D eigenvalue weighted by atomic mass is 32.1. The number of amides is 1. The summed E-state index contributed by atoms with van der Waals surface area (Å²) in [7, 11) is 0. The number of nitrogens with one attached hydrogen (secondary N) is 1. The molecule has 3 aromatic rings. The standard InChI is InChI=1S/C17H18N4O6S/c1-2-25-7-5-13-20-21-14(22)8-11(19-17(21)28-13)10-27-15(23)9-18-16(24)12-4-3-6-26-12/h3-4,6,8H,2,5,7,9-10H2,1H3,(H,18,24). The smallest absolute Gasteiger partial charge is 0.325 e. The summed E-state index contributed by atoms with van der Waals surface area (Å²) in [6, 6.07) is 4.30. The number of carbonyl (C=O) groups is 2. The lowest BCUT2D eigenvalue weighted by atomic mass is 10.4. The van der Waals surface area contributed by atoms with Crippen molar-refractivity contribution in [3.63, 3.8) is 0 Å². The van der Waals surface area contributed by atoms with Crippen LogP contribution >= 0.6 is 11.3 Å². The third-order valence-corrected chi connectivity index (χ3v) is 4.49. The van der Waals surface area contributed by atoms with Gasteiger partial charge in [0.25, 0.3) is 11.5 Å². The molecule has 0 radical (unpaired) electrons. The SMILES string of the molecule is CCOCCc1nn2c(=O)cc(COC(=O)CNC(=O)c3ccco3)nc2s1. The largest absolute Gasteiger partial charge is 0.459 e. The summed E-state index contributed by atoms with van der Waals surface area (Å²) >= 11 is 1.28. The van der Waals surface area contributed by atoms with Crippen molar-refractivity contribution in [2.24, 2.45) is 0 Å². The van der Waals surface area contributed by atoms with Crippen LogP contribution in [0.15, 0.2) is 33.7 Å². The minimum Gasteiger partial charge on any atom is -0.459 e. The molecule has 11 heteroatoms. The van der Waals surface area contributed by atoms with Crippen molar-refractivity contribution >= 4 is 28.2 Å². The van der Waals surface area contributed by atoms with Crippen molar-refractivity contribution in [2.75, 3.05) is 19.8 Å². The fraction of sp³-hybridized carbons (Fsp3) is 0.353. The van der Waals surface area contributed by atoms with Crippen LogP contribution in [0, 0.1) is 0 Å². The summed E-state index contributed by atoms with van der Waals surface area (Å²) in [5.41, 5.74) is -0.0585. The average molecular weight is 406 g/mol. The first-order valence-corrected chi connectivity index (χ1v) is 9.32. The van der Waals surface area contributed by atoms with Crippen molar-refractivity contribution in [3.8, 4) is 0 Å². The second-order valence-electron chi connectivity index (χ2n) is 5.54. The van der Waals surface area contributed by atoms with Crippen LogP contribution < -0.4 is 10.9 Å². The van der Waals surface area contributed by atoms with Crippen LogP contribution in [0.4, 0.5) is 0 Å². The number of furan rings is 1. The molecule has 3 rings (SSSR count). The lowest BCUT2D eigenvalue weighted by molar-refractivity contribution is -0.143. The van der Waals surface area contributed by atoms with E-state index in [9.17, 15) is 14.4 Å². The first-order valence-electron chi connectivity index (χ1n) is 8.50. The highest BCUT2D eigenvalue weighted by molar-refractivity contribution is 7.16. The Morgan fingerprint density at radius 1 is 1.39 bits per heavy atom. The maximum Gasteiger partial charge on any atom is 0.325 e. The lowest BCUT2D eigenvalue weighted by Gasteiger charge is -2.05. The van der Waals surface area contributed by atoms with Crippen LogP contribution in [0.1, 0.15) is 28.2 Å². The minimum absolute atomic E-state index is 0.0956. The molecule has 3 aromatic heterocycles. The molecular formula is C17H18N4O6S. The van der Waals surface area contributed by atoms with Crippen LogP contribution in [0.25, 0.3) is 4.96 Å². The Morgan fingerprint density at radius 3 is 3.00 bits per heavy atom. The van der Waals surface area contributed by atoms with Crippen LogP contribution in [0.3, 0.4) is 0 Å². The molecule has 0 saturated heterocycles. The summed E-state index contributed by atoms with van der Waals surface area (Å²) in [5.74, 6) is -1.09. The fourth-order valence-corrected chi connectivity index (χ4v) is 3.13. The molecule has 1 amide bonds. The van der Waals surface area contributed by atoms with Gasteiger partial charge in [-0.2, -0.15) is 9.61 Å². The molecule has 0 bridgehead atoms. The van der Waals surface area contributed by atoms with E-state index in [0.29, 0.717) is 30.3 Å². The fourth-order valence-electron chi connectivity index (χ4n) is 2.23. The molecule has 3 heterocycles. The zero-order chi connectivity index (χ0) is 19.9. The van der Waals surface area contributed by atoms with E-state index >= 15 is 0 Å². The lowest BCUT2D eigenvalue weighted by Crippen LogP contribution is -2.30. The van der Waals surface area contributed by atoms with E-state index in [2.05, 4.69) is 15.4 Å². The Balaban J connectivity index is 1.55. The molecule has 0 aliphatic heterocycles. The van der Waals surface area contributed by atoms with Crippen LogP contribution in [0.2, 0.25) is 0 Å². The summed E-state index contributed by atoms with van der Waals surface area (Å²) in [4.78, 5) is 40.3. The Bertz CT molecular complexity index is 1010. The van der Waals surface area contributed by atoms with E-state index in [1.54, 1.807) is 6.07 Å². The number of rotatable bonds is 9. The first-order chi connectivity index (χ1) is 13.6. The molecule has 0 atom stereocenters. The average Bonchev–Trinajstić information content (AvgIpc) is 3.34. The second-order valence-corrected chi connectivity index (χ2v) is 6.58. The van der Waals surface area contributed by atoms with Gasteiger partial charge in [-0.25, -0.2) is 4.98 Å². The highest BCUT2D eigenvalue weighted by Crippen LogP contribution is 2.12. The van der Waals surface area contributed by atoms with E-state index in [0.717, 1.165) is 5.01 Å². The number of ether oxygens (including phenoxy) is 2. The van der Waals surface area contributed by atoms with Crippen molar-refractivity contribution in [1.29, 1.82) is 0 Å². The van der Waals surface area contributed by atoms with Gasteiger partial charge in [0.05, 0.1) is 18.6 Å². The predicted molar refractivity (Wildman–Crippen MR) is 98.2 cm³/mol. The molecule has 148 valence electrons. The maximum absolute atomic E-state index is 12.2. The van der Waals surface area contributed by atoms with Crippen LogP contribution in [-0.4, -0.2) is 46.2 Å². The van der Waals surface area contributed by atoms with Gasteiger partial charge in [0, 0.05) is 19.1 Å². The number of hydrogen-bond acceptors (Lipinski definition) is 9. The third kappa shape index (κ3) is 5.02. The van der Waals surface area contributed by atoms with Crippen LogP contribution in [0.5, 0.6) is 0 Å². The van der Waals surface area contributed by atoms with Gasteiger partial charge in [0.1, 0.15) is 18.2 Å². The molecule has 1 N–H and O–H groups in total. The summed E-state index contributed by atoms with van der Waals surface area (Å²) < 4.78 is 16.5. The Hall–Kier alpha value is -3.05. The number of carbonyl (C=O) groups excluding carboxylic acids is 2. The second kappa shape index (κ2) is 9.24. The summed E-state index contributed by atoms with van der Waals surface area (Å²) in [6.45, 7) is 2.51. The Labute approximate surface area is 163 Å². The number of esters is 1. The van der Waals surface area contributed by atoms with Crippen LogP contribution in [-0.2, 0) is 27.3 Å². The van der Waals surface area contributed by atoms with Gasteiger partial charge in [-0.15, -0.1) is 0 Å². The number of hydrogen-bond donors (Lipinski definition) is 1. The normalized spacial score (nSPS) is 10.9. The number of nitrogens with zero attached hydrogens (tertiary/aromatic N) is 3. The molecule has 0 aromatic carbocycles. The maximum atomic E-state index is 12.2. The number of aromatic nitrogens is 3. The van der Waals surface area contributed by atoms with Gasteiger partial charge in [-0.1, -0.05) is 11.3 Å². The predicted octanol–water partition coefficient (Wildman–Crippen LogP) is 0.796. The van der Waals surface area contributed by atoms with Gasteiger partial charge in [0.2, 0.25) is 4.96 Å². The zero-order valence-corrected chi connectivity index (χ0v) is 15.9. The van der Waals surface area contributed by atoms with E-state index in [1.165, 1.54) is 34.2 Å². The summed E-state index contributed by atoms with van der Waals surface area (Å²) in [5, 5.41) is 7.32. The molecule has 0 aliphatic rings. The Morgan fingerprint density at radius 2 is 2.25 bits per heavy atom. The van der Waals surface area contributed by atoms with E-state index in [-0.39, 0.29) is 24.5 Å². The topological polar surface area (TPSA) is 125 Å². The minimum atomic E-state index is -0.663. The monoisotopic (exact) mass is 406 g/mol. The third-order valence-electron chi connectivity index (χ3n) is 3.52. The van der Waals surface area contributed by atoms with Crippen molar-refractivity contribution in [3.05, 3.63) is 51.3 Å². The van der Waals surface area contributed by atoms with Gasteiger partial charge < -0.3 is 19.2 Å². The summed E-state index contributed by atoms with van der Waals surface area (Å²) in [6.07, 6.45) is 1.94.